The topological polar surface area (TPSA) is 80.8 Å². The van der Waals surface area contributed by atoms with E-state index in [0.717, 1.165) is 25.9 Å². The smallest absolute Gasteiger partial charge is 0.239 e. The highest BCUT2D eigenvalue weighted by Gasteiger charge is 2.71. The lowest BCUT2D eigenvalue weighted by atomic mass is 9.84. The molecule has 178 valence electrons. The van der Waals surface area contributed by atoms with Gasteiger partial charge in [-0.2, -0.15) is 0 Å². The van der Waals surface area contributed by atoms with Gasteiger partial charge in [-0.25, -0.2) is 13.8 Å². The lowest BCUT2D eigenvalue weighted by Gasteiger charge is -2.35. The summed E-state index contributed by atoms with van der Waals surface area (Å²) in [7, 11) is 1.51. The van der Waals surface area contributed by atoms with Crippen molar-refractivity contribution in [2.45, 2.75) is 36.5 Å². The van der Waals surface area contributed by atoms with Crippen LogP contribution < -0.4 is 10.5 Å². The third-order valence-electron chi connectivity index (χ3n) is 7.02. The first-order chi connectivity index (χ1) is 16.3. The lowest BCUT2D eigenvalue weighted by Crippen LogP contribution is -2.45. The molecule has 3 aliphatic rings. The molecule has 0 spiro atoms. The van der Waals surface area contributed by atoms with Crippen molar-refractivity contribution in [2.24, 2.45) is 16.6 Å². The molecule has 5 rings (SSSR count). The van der Waals surface area contributed by atoms with Crippen LogP contribution in [0.3, 0.4) is 0 Å². The number of halogens is 2. The number of ether oxygens (including phenoxy) is 1. The number of hydrogen-bond acceptors (Lipinski definition) is 6. The van der Waals surface area contributed by atoms with Crippen molar-refractivity contribution in [3.8, 4) is 5.75 Å². The van der Waals surface area contributed by atoms with Gasteiger partial charge >= 0.3 is 0 Å². The van der Waals surface area contributed by atoms with Crippen molar-refractivity contribution >= 4 is 34.7 Å². The Morgan fingerprint density at radius 2 is 2.06 bits per heavy atom. The molecule has 0 unspecified atom stereocenters. The van der Waals surface area contributed by atoms with Crippen molar-refractivity contribution in [1.82, 2.24) is 9.88 Å². The van der Waals surface area contributed by atoms with E-state index in [2.05, 4.69) is 9.98 Å². The molecule has 2 fully saturated rings. The predicted molar refractivity (Wildman–Crippen MR) is 129 cm³/mol. The van der Waals surface area contributed by atoms with Crippen LogP contribution in [0.2, 0.25) is 0 Å². The third kappa shape index (κ3) is 3.76. The van der Waals surface area contributed by atoms with Gasteiger partial charge in [-0.05, 0) is 62.1 Å². The van der Waals surface area contributed by atoms with E-state index >= 15 is 4.39 Å². The van der Waals surface area contributed by atoms with Crippen LogP contribution in [0.25, 0.3) is 11.9 Å². The number of rotatable bonds is 5. The highest BCUT2D eigenvalue weighted by Crippen LogP contribution is 2.66. The number of nitrogens with zero attached hydrogens (tertiary/aromatic N) is 3. The molecule has 3 atom stereocenters. The van der Waals surface area contributed by atoms with Crippen LogP contribution in [-0.4, -0.2) is 45.9 Å². The van der Waals surface area contributed by atoms with Gasteiger partial charge in [0, 0.05) is 24.6 Å². The van der Waals surface area contributed by atoms with Gasteiger partial charge in [0.15, 0.2) is 5.17 Å². The number of nitrogens with two attached hydrogens (primary N) is 1. The maximum atomic E-state index is 15.1. The Balaban J connectivity index is 1.48. The van der Waals surface area contributed by atoms with Gasteiger partial charge in [0.1, 0.15) is 22.1 Å². The Labute approximate surface area is 201 Å². The van der Waals surface area contributed by atoms with Crippen molar-refractivity contribution in [1.29, 1.82) is 0 Å². The second-order valence-corrected chi connectivity index (χ2v) is 10.5. The number of aliphatic imine (C=N–C) groups is 1. The molecule has 9 heteroatoms. The van der Waals surface area contributed by atoms with Gasteiger partial charge in [0.05, 0.1) is 24.5 Å². The largest absolute Gasteiger partial charge is 0.495 e. The maximum Gasteiger partial charge on any atom is 0.239 e. The van der Waals surface area contributed by atoms with Crippen LogP contribution in [0, 0.1) is 11.7 Å². The van der Waals surface area contributed by atoms with E-state index in [9.17, 15) is 9.18 Å². The summed E-state index contributed by atoms with van der Waals surface area (Å²) < 4.78 is 34.4. The number of pyridine rings is 1. The Bertz CT molecular complexity index is 1200. The Morgan fingerprint density at radius 1 is 1.29 bits per heavy atom. The van der Waals surface area contributed by atoms with E-state index in [1.165, 1.54) is 49.3 Å². The Morgan fingerprint density at radius 3 is 2.74 bits per heavy atom. The summed E-state index contributed by atoms with van der Waals surface area (Å²) in [6, 6.07) is 7.54. The minimum atomic E-state index is -1.02. The fourth-order valence-electron chi connectivity index (χ4n) is 5.13. The molecule has 0 radical (unpaired) electrons. The number of aromatic nitrogens is 1. The number of thioether (sulfide) groups is 1. The number of fused-ring (bicyclic) bond motifs is 1. The van der Waals surface area contributed by atoms with Crippen molar-refractivity contribution in [3.05, 3.63) is 59.2 Å². The zero-order chi connectivity index (χ0) is 24.1. The Hall–Kier alpha value is -2.94. The van der Waals surface area contributed by atoms with E-state index in [4.69, 9.17) is 10.5 Å². The molecule has 2 aliphatic heterocycles. The molecule has 2 aromatic rings. The van der Waals surface area contributed by atoms with Crippen LogP contribution >= 0.6 is 11.8 Å². The van der Waals surface area contributed by atoms with Crippen LogP contribution in [0.4, 0.5) is 8.78 Å². The average molecular weight is 485 g/mol. The first kappa shape index (κ1) is 22.8. The monoisotopic (exact) mass is 484 g/mol. The van der Waals surface area contributed by atoms with Crippen molar-refractivity contribution in [2.75, 3.05) is 20.2 Å². The molecule has 1 amide bonds. The fraction of sp³-hybridized carbons (Fsp3) is 0.400. The molecule has 1 saturated heterocycles. The summed E-state index contributed by atoms with van der Waals surface area (Å²) in [6.45, 7) is 3.31. The van der Waals surface area contributed by atoms with Crippen LogP contribution in [0.1, 0.15) is 43.0 Å². The summed E-state index contributed by atoms with van der Waals surface area (Å²) in [5.74, 6) is -0.613. The number of carbonyl (C=O) groups excluding carboxylic acids is 1. The van der Waals surface area contributed by atoms with Crippen LogP contribution in [-0.2, 0) is 10.3 Å². The minimum absolute atomic E-state index is 0.0668. The van der Waals surface area contributed by atoms with Crippen molar-refractivity contribution in [3.63, 3.8) is 0 Å². The number of hydrogen-bond donors (Lipinski definition) is 1. The van der Waals surface area contributed by atoms with Crippen molar-refractivity contribution < 1.29 is 18.3 Å². The lowest BCUT2D eigenvalue weighted by molar-refractivity contribution is -0.130. The average Bonchev–Trinajstić information content (AvgIpc) is 3.33. The zero-order valence-electron chi connectivity index (χ0n) is 19.1. The highest BCUT2D eigenvalue weighted by molar-refractivity contribution is 8.15. The molecule has 1 aromatic carbocycles. The van der Waals surface area contributed by atoms with Gasteiger partial charge in [-0.3, -0.25) is 9.79 Å². The first-order valence-electron chi connectivity index (χ1n) is 11.3. The zero-order valence-corrected chi connectivity index (χ0v) is 19.9. The number of likely N-dealkylation sites (tertiary alicyclic amines) is 1. The third-order valence-corrected chi connectivity index (χ3v) is 8.31. The molecule has 34 heavy (non-hydrogen) atoms. The summed E-state index contributed by atoms with van der Waals surface area (Å²) in [4.78, 5) is 23.9. The van der Waals surface area contributed by atoms with Gasteiger partial charge in [-0.1, -0.05) is 17.8 Å². The van der Waals surface area contributed by atoms with Gasteiger partial charge in [-0.15, -0.1) is 0 Å². The molecule has 0 bridgehead atoms. The quantitative estimate of drug-likeness (QED) is 0.682. The second-order valence-electron chi connectivity index (χ2n) is 9.16. The second kappa shape index (κ2) is 8.37. The molecular formula is C25H26F2N4O2S. The number of carbonyl (C=O) groups is 1. The molecule has 6 nitrogen and oxygen atoms in total. The maximum absolute atomic E-state index is 15.1. The number of amidine groups is 1. The highest BCUT2D eigenvalue weighted by atomic mass is 32.2. The standard InChI is InChI=1S/C25H26F2N4O2S/c1-24(21-13-25(21,34-23(28)30-24)22(32)31-9-3-4-10-31)17-11-15(5-7-18(17)26)12-19(27)20-8-6-16(33-2)14-29-20/h5-8,11-12,14,21H,3-4,9-10,13H2,1-2H3,(H2,28,30)/b19-12-/t21-,24+,25-/m0/s1. The van der Waals surface area contributed by atoms with E-state index < -0.39 is 21.9 Å². The van der Waals surface area contributed by atoms with Gasteiger partial charge < -0.3 is 15.4 Å². The fourth-order valence-corrected chi connectivity index (χ4v) is 6.57. The van der Waals surface area contributed by atoms with Crippen LogP contribution in [0.15, 0.2) is 41.5 Å². The molecule has 1 aliphatic carbocycles. The molecular weight excluding hydrogens is 458 g/mol. The van der Waals surface area contributed by atoms with E-state index in [1.54, 1.807) is 12.1 Å². The van der Waals surface area contributed by atoms with E-state index in [1.807, 2.05) is 11.8 Å². The number of methoxy groups -OCH3 is 1. The minimum Gasteiger partial charge on any atom is -0.495 e. The van der Waals surface area contributed by atoms with E-state index in [-0.39, 0.29) is 22.7 Å². The molecule has 2 N–H and O–H groups in total. The van der Waals surface area contributed by atoms with Gasteiger partial charge in [0.2, 0.25) is 5.91 Å². The number of benzene rings is 1. The van der Waals surface area contributed by atoms with Gasteiger partial charge in [0.25, 0.3) is 0 Å². The summed E-state index contributed by atoms with van der Waals surface area (Å²) >= 11 is 1.30. The SMILES string of the molecule is COc1ccc(/C(F)=C/c2ccc(F)c([C@@]3(C)N=C(N)S[C@@]4(C(=O)N5CCCC5)C[C@H]43)c2)nc1. The molecule has 1 aromatic heterocycles. The van der Waals surface area contributed by atoms with Crippen LogP contribution in [0.5, 0.6) is 5.75 Å². The molecule has 3 heterocycles. The predicted octanol–water partition coefficient (Wildman–Crippen LogP) is 4.35. The normalized spacial score (nSPS) is 28.4. The number of amides is 1. The summed E-state index contributed by atoms with van der Waals surface area (Å²) in [5.41, 5.74) is 6.08. The van der Waals surface area contributed by atoms with E-state index in [0.29, 0.717) is 23.3 Å². The summed E-state index contributed by atoms with van der Waals surface area (Å²) in [6.07, 6.45) is 5.31. The first-order valence-corrected chi connectivity index (χ1v) is 12.1. The Kier molecular flexibility index (Phi) is 5.62. The molecule has 1 saturated carbocycles. The summed E-state index contributed by atoms with van der Waals surface area (Å²) in [5, 5.41) is 0.276.